The molecule has 1 saturated heterocycles. The molecule has 2 N–H and O–H groups in total. The Hall–Kier alpha value is -1.58. The molecule has 5 aliphatic rings. The summed E-state index contributed by atoms with van der Waals surface area (Å²) in [7, 11) is 0. The van der Waals surface area contributed by atoms with Crippen molar-refractivity contribution >= 4 is 28.6 Å². The Morgan fingerprint density at radius 3 is 2.59 bits per heavy atom. The van der Waals surface area contributed by atoms with Gasteiger partial charge in [-0.15, -0.1) is 0 Å². The highest BCUT2D eigenvalue weighted by Gasteiger charge is 2.76. The van der Waals surface area contributed by atoms with Crippen molar-refractivity contribution in [1.82, 2.24) is 0 Å². The van der Waals surface area contributed by atoms with E-state index in [1.165, 1.54) is 19.1 Å². The molecule has 6 nitrogen and oxygen atoms in total. The molecule has 9 heteroatoms. The van der Waals surface area contributed by atoms with Crippen molar-refractivity contribution < 1.29 is 38.1 Å². The fourth-order valence-corrected chi connectivity index (χ4v) is 9.03. The molecule has 4 aliphatic carbocycles. The van der Waals surface area contributed by atoms with Gasteiger partial charge in [-0.05, 0) is 55.7 Å². The van der Waals surface area contributed by atoms with Crippen LogP contribution in [0.3, 0.4) is 0 Å². The largest absolute Gasteiger partial charge is 0.465 e. The maximum Gasteiger partial charge on any atom is 0.319 e. The van der Waals surface area contributed by atoms with Gasteiger partial charge < -0.3 is 14.9 Å². The Balaban J connectivity index is 1.55. The van der Waals surface area contributed by atoms with Crippen LogP contribution in [0.15, 0.2) is 23.8 Å². The molecule has 3 unspecified atom stereocenters. The lowest BCUT2D eigenvalue weighted by Gasteiger charge is -2.63. The summed E-state index contributed by atoms with van der Waals surface area (Å²) in [5.41, 5.74) is -6.88. The third-order valence-corrected chi connectivity index (χ3v) is 10.9. The Kier molecular flexibility index (Phi) is 5.30. The maximum absolute atomic E-state index is 17.1. The average Bonchev–Trinajstić information content (AvgIpc) is 3.26. The lowest BCUT2D eigenvalue weighted by molar-refractivity contribution is -0.221. The molecule has 1 heterocycles. The smallest absolute Gasteiger partial charge is 0.319 e. The maximum atomic E-state index is 17.1. The zero-order valence-electron chi connectivity index (χ0n) is 19.4. The highest BCUT2D eigenvalue weighted by atomic mass is 32.2. The Morgan fingerprint density at radius 1 is 1.24 bits per heavy atom. The van der Waals surface area contributed by atoms with Gasteiger partial charge in [-0.1, -0.05) is 31.7 Å². The van der Waals surface area contributed by atoms with Crippen LogP contribution in [0.5, 0.6) is 0 Å². The van der Waals surface area contributed by atoms with E-state index < -0.39 is 74.2 Å². The molecule has 0 aromatic heterocycles. The van der Waals surface area contributed by atoms with Gasteiger partial charge >= 0.3 is 5.97 Å². The highest BCUT2D eigenvalue weighted by molar-refractivity contribution is 8.14. The van der Waals surface area contributed by atoms with Crippen LogP contribution in [-0.2, 0) is 19.1 Å². The first-order valence-corrected chi connectivity index (χ1v) is 12.7. The number of hydrogen-bond acceptors (Lipinski definition) is 7. The molecule has 186 valence electrons. The Labute approximate surface area is 201 Å². The van der Waals surface area contributed by atoms with E-state index in [2.05, 4.69) is 0 Å². The molecule has 3 saturated carbocycles. The van der Waals surface area contributed by atoms with Gasteiger partial charge in [0.15, 0.2) is 11.5 Å². The number of carbonyl (C=O) groups excluding carboxylic acids is 3. The number of carbonyl (C=O) groups is 3. The number of aliphatic hydroxyl groups is 2. The van der Waals surface area contributed by atoms with Crippen molar-refractivity contribution in [3.8, 4) is 0 Å². The second kappa shape index (κ2) is 7.46. The molecule has 4 fully saturated rings. The molecule has 0 aromatic carbocycles. The summed E-state index contributed by atoms with van der Waals surface area (Å²) in [4.78, 5) is 37.3. The summed E-state index contributed by atoms with van der Waals surface area (Å²) in [6, 6.07) is 0. The number of esters is 1. The molecule has 0 spiro atoms. The van der Waals surface area contributed by atoms with Crippen molar-refractivity contribution in [1.29, 1.82) is 0 Å². The van der Waals surface area contributed by atoms with E-state index >= 15 is 8.78 Å². The van der Waals surface area contributed by atoms with Gasteiger partial charge in [-0.3, -0.25) is 14.4 Å². The van der Waals surface area contributed by atoms with Crippen LogP contribution in [-0.4, -0.2) is 62.5 Å². The van der Waals surface area contributed by atoms with Crippen molar-refractivity contribution in [2.45, 2.75) is 75.2 Å². The lowest BCUT2D eigenvalue weighted by Crippen LogP contribution is -2.70. The fraction of sp³-hybridized carbons (Fsp3) is 0.720. The quantitative estimate of drug-likeness (QED) is 0.567. The first kappa shape index (κ1) is 24.1. The van der Waals surface area contributed by atoms with Crippen LogP contribution in [0.2, 0.25) is 0 Å². The highest BCUT2D eigenvalue weighted by Crippen LogP contribution is 2.71. The Bertz CT molecular complexity index is 1030. The number of fused-ring (bicyclic) bond motifs is 5. The first-order chi connectivity index (χ1) is 15.8. The van der Waals surface area contributed by atoms with E-state index in [4.69, 9.17) is 4.74 Å². The topological polar surface area (TPSA) is 101 Å². The number of aliphatic hydroxyl groups excluding tert-OH is 1. The molecule has 34 heavy (non-hydrogen) atoms. The average molecular weight is 497 g/mol. The predicted molar refractivity (Wildman–Crippen MR) is 120 cm³/mol. The van der Waals surface area contributed by atoms with E-state index in [1.54, 1.807) is 13.8 Å². The minimum atomic E-state index is -2.26. The van der Waals surface area contributed by atoms with E-state index in [-0.39, 0.29) is 31.4 Å². The molecular weight excluding hydrogens is 466 g/mol. The van der Waals surface area contributed by atoms with Gasteiger partial charge in [-0.25, -0.2) is 8.78 Å². The van der Waals surface area contributed by atoms with Gasteiger partial charge in [0.25, 0.3) is 0 Å². The second-order valence-corrected chi connectivity index (χ2v) is 12.3. The zero-order valence-corrected chi connectivity index (χ0v) is 20.2. The number of rotatable bonds is 2. The van der Waals surface area contributed by atoms with Crippen LogP contribution in [0, 0.1) is 28.6 Å². The zero-order chi connectivity index (χ0) is 24.8. The van der Waals surface area contributed by atoms with E-state index in [9.17, 15) is 24.6 Å². The van der Waals surface area contributed by atoms with Crippen molar-refractivity contribution in [3.63, 3.8) is 0 Å². The summed E-state index contributed by atoms with van der Waals surface area (Å²) in [5.74, 6) is -3.05. The van der Waals surface area contributed by atoms with E-state index in [1.807, 2.05) is 0 Å². The normalized spacial score (nSPS) is 51.9. The number of allylic oxidation sites excluding steroid dienone is 4. The monoisotopic (exact) mass is 496 g/mol. The van der Waals surface area contributed by atoms with Crippen molar-refractivity contribution in [2.24, 2.45) is 28.6 Å². The van der Waals surface area contributed by atoms with Crippen LogP contribution >= 0.6 is 11.8 Å². The third-order valence-electron chi connectivity index (χ3n) is 9.66. The molecule has 0 aromatic rings. The molecule has 5 rings (SSSR count). The molecule has 0 bridgehead atoms. The number of cyclic esters (lactones) is 1. The van der Waals surface area contributed by atoms with Gasteiger partial charge in [0.1, 0.15) is 17.0 Å². The third kappa shape index (κ3) is 2.77. The van der Waals surface area contributed by atoms with Crippen LogP contribution in [0.25, 0.3) is 0 Å². The molecule has 0 amide bonds. The molecular formula is C25H30F2O6S. The van der Waals surface area contributed by atoms with E-state index in [0.717, 1.165) is 17.8 Å². The van der Waals surface area contributed by atoms with Crippen LogP contribution < -0.4 is 0 Å². The SMILES string of the molecule is C[C@@H]1C[C@H]2[C@@H]3C[C@H](F)C4=CC(=O)C=CC4(C)[C@@]3(F)[C@@H](O)CC2(C)[C@@]1(O)C(=O)SC1CCOC1=O. The van der Waals surface area contributed by atoms with Gasteiger partial charge in [0.2, 0.25) is 5.12 Å². The summed E-state index contributed by atoms with van der Waals surface area (Å²) in [6.45, 7) is 5.12. The van der Waals surface area contributed by atoms with Gasteiger partial charge in [-0.2, -0.15) is 0 Å². The number of thioether (sulfide) groups is 1. The number of ether oxygens (including phenoxy) is 1. The number of halogens is 2. The first-order valence-electron chi connectivity index (χ1n) is 11.9. The minimum Gasteiger partial charge on any atom is -0.465 e. The predicted octanol–water partition coefficient (Wildman–Crippen LogP) is 2.86. The summed E-state index contributed by atoms with van der Waals surface area (Å²) in [5, 5.41) is 21.9. The van der Waals surface area contributed by atoms with Gasteiger partial charge in [0, 0.05) is 23.2 Å². The lowest BCUT2D eigenvalue weighted by atomic mass is 9.44. The summed E-state index contributed by atoms with van der Waals surface area (Å²) >= 11 is 0.747. The molecule has 1 aliphatic heterocycles. The molecule has 0 radical (unpaired) electrons. The summed E-state index contributed by atoms with van der Waals surface area (Å²) < 4.78 is 37.5. The Morgan fingerprint density at radius 2 is 1.94 bits per heavy atom. The van der Waals surface area contributed by atoms with E-state index in [0.29, 0.717) is 6.42 Å². The molecule has 10 atom stereocenters. The number of alkyl halides is 2. The van der Waals surface area contributed by atoms with Crippen LogP contribution in [0.1, 0.15) is 46.5 Å². The van der Waals surface area contributed by atoms with Crippen molar-refractivity contribution in [3.05, 3.63) is 23.8 Å². The van der Waals surface area contributed by atoms with Gasteiger partial charge in [0.05, 0.1) is 12.7 Å². The number of hydrogen-bond donors (Lipinski definition) is 2. The minimum absolute atomic E-state index is 0.0362. The van der Waals surface area contributed by atoms with Crippen LogP contribution in [0.4, 0.5) is 8.78 Å². The number of ketones is 1. The second-order valence-electron chi connectivity index (χ2n) is 11.1. The summed E-state index contributed by atoms with van der Waals surface area (Å²) in [6.07, 6.45) is 0.749. The fourth-order valence-electron chi connectivity index (χ4n) is 7.78. The van der Waals surface area contributed by atoms with Crippen molar-refractivity contribution in [2.75, 3.05) is 6.61 Å². The standard InChI is InChI=1S/C25H30F2O6S/c1-12-8-14-15-10-17(26)16-9-13(28)4-6-22(16,2)24(15,27)19(29)11-23(14,3)25(12,32)21(31)34-18-5-7-33-20(18)30/h4,6,9,12,14-15,17-19,29,32H,5,7-8,10-11H2,1-3H3/t12-,14+,15+,17+,18?,19+,22?,23?,24+,25+/m1/s1.